The van der Waals surface area contributed by atoms with Crippen molar-refractivity contribution in [2.45, 2.75) is 18.7 Å². The van der Waals surface area contributed by atoms with E-state index >= 15 is 0 Å². The number of nitrogens with one attached hydrogen (secondary N) is 2. The molecule has 1 aliphatic heterocycles. The minimum Gasteiger partial charge on any atom is -0.495 e. The fourth-order valence-electron chi connectivity index (χ4n) is 4.27. The Kier molecular flexibility index (Phi) is 6.61. The van der Waals surface area contributed by atoms with Gasteiger partial charge in [0.05, 0.1) is 34.7 Å². The number of hydrogen-bond donors (Lipinski definition) is 2. The largest absolute Gasteiger partial charge is 0.495 e. The van der Waals surface area contributed by atoms with E-state index in [4.69, 9.17) is 4.74 Å². The Morgan fingerprint density at radius 1 is 0.921 bits per heavy atom. The second-order valence-corrected chi connectivity index (χ2v) is 10.5. The molecule has 0 aromatic heterocycles. The van der Waals surface area contributed by atoms with Crippen molar-refractivity contribution in [3.05, 3.63) is 102 Å². The standard InChI is InChI=1S/C29H26N4O4S/c1-19-8-6-11-22(16-19)32-38(35,36)23-14-15-26(28(17-23)37-3)30-18-25-20(2)31-33(29(25)34)27-13-7-10-21-9-4-5-12-24(21)27/h4-18,30,32H,1-3H3/b25-18-. The van der Waals surface area contributed by atoms with E-state index in [0.29, 0.717) is 34.1 Å². The summed E-state index contributed by atoms with van der Waals surface area (Å²) in [7, 11) is -2.38. The topological polar surface area (TPSA) is 100 Å². The molecule has 2 N–H and O–H groups in total. The predicted octanol–water partition coefficient (Wildman–Crippen LogP) is 5.68. The van der Waals surface area contributed by atoms with Gasteiger partial charge in [-0.1, -0.05) is 48.5 Å². The maximum atomic E-state index is 13.3. The molecule has 0 fully saturated rings. The highest BCUT2D eigenvalue weighted by Crippen LogP contribution is 2.32. The van der Waals surface area contributed by atoms with E-state index in [1.54, 1.807) is 37.4 Å². The minimum atomic E-state index is -3.84. The van der Waals surface area contributed by atoms with E-state index in [9.17, 15) is 13.2 Å². The van der Waals surface area contributed by atoms with Crippen LogP contribution in [-0.4, -0.2) is 27.1 Å². The first-order valence-electron chi connectivity index (χ1n) is 11.9. The number of nitrogens with zero attached hydrogens (tertiary/aromatic N) is 2. The van der Waals surface area contributed by atoms with Crippen LogP contribution in [0.25, 0.3) is 10.8 Å². The molecule has 1 heterocycles. The summed E-state index contributed by atoms with van der Waals surface area (Å²) in [4.78, 5) is 13.4. The smallest absolute Gasteiger partial charge is 0.282 e. The summed E-state index contributed by atoms with van der Waals surface area (Å²) >= 11 is 0. The van der Waals surface area contributed by atoms with Crippen LogP contribution in [0.4, 0.5) is 17.1 Å². The van der Waals surface area contributed by atoms with Gasteiger partial charge in [0.15, 0.2) is 0 Å². The SMILES string of the molecule is COc1cc(S(=O)(=O)Nc2cccc(C)c2)ccc1N/C=C1\C(=O)N(c2cccc3ccccc23)N=C1C. The molecule has 9 heteroatoms. The zero-order valence-corrected chi connectivity index (χ0v) is 21.9. The van der Waals surface area contributed by atoms with Gasteiger partial charge in [-0.15, -0.1) is 0 Å². The molecule has 0 atom stereocenters. The molecule has 4 aromatic carbocycles. The molecular formula is C29H26N4O4S. The van der Waals surface area contributed by atoms with Crippen LogP contribution in [0.15, 0.2) is 107 Å². The van der Waals surface area contributed by atoms with E-state index in [0.717, 1.165) is 16.3 Å². The van der Waals surface area contributed by atoms with Gasteiger partial charge in [-0.2, -0.15) is 10.1 Å². The van der Waals surface area contributed by atoms with Crippen LogP contribution in [-0.2, 0) is 14.8 Å². The van der Waals surface area contributed by atoms with E-state index in [-0.39, 0.29) is 10.8 Å². The van der Waals surface area contributed by atoms with Gasteiger partial charge in [0.25, 0.3) is 15.9 Å². The van der Waals surface area contributed by atoms with Crippen molar-refractivity contribution >= 4 is 49.5 Å². The third kappa shape index (κ3) is 4.83. The van der Waals surface area contributed by atoms with Gasteiger partial charge in [-0.3, -0.25) is 9.52 Å². The zero-order chi connectivity index (χ0) is 26.9. The Labute approximate surface area is 221 Å². The molecule has 1 aliphatic rings. The van der Waals surface area contributed by atoms with E-state index in [1.807, 2.05) is 55.5 Å². The minimum absolute atomic E-state index is 0.0471. The quantitative estimate of drug-likeness (QED) is 0.302. The lowest BCUT2D eigenvalue weighted by atomic mass is 10.1. The molecule has 0 aliphatic carbocycles. The normalized spacial score (nSPS) is 14.6. The van der Waals surface area contributed by atoms with Crippen molar-refractivity contribution in [2.24, 2.45) is 5.10 Å². The van der Waals surface area contributed by atoms with Gasteiger partial charge in [0.1, 0.15) is 5.75 Å². The summed E-state index contributed by atoms with van der Waals surface area (Å²) in [5.74, 6) is 0.0341. The Bertz CT molecular complexity index is 1720. The van der Waals surface area contributed by atoms with Crippen LogP contribution in [0.3, 0.4) is 0 Å². The Morgan fingerprint density at radius 3 is 2.47 bits per heavy atom. The number of aryl methyl sites for hydroxylation is 1. The number of carbonyl (C=O) groups excluding carboxylic acids is 1. The summed E-state index contributed by atoms with van der Waals surface area (Å²) < 4.78 is 33.9. The lowest BCUT2D eigenvalue weighted by molar-refractivity contribution is -0.114. The molecule has 0 spiro atoms. The van der Waals surface area contributed by atoms with E-state index in [1.165, 1.54) is 24.3 Å². The molecule has 0 saturated carbocycles. The van der Waals surface area contributed by atoms with Crippen LogP contribution in [0.1, 0.15) is 12.5 Å². The molecular weight excluding hydrogens is 500 g/mol. The van der Waals surface area contributed by atoms with Gasteiger partial charge in [0, 0.05) is 23.3 Å². The van der Waals surface area contributed by atoms with Crippen molar-refractivity contribution in [3.8, 4) is 5.75 Å². The third-order valence-electron chi connectivity index (χ3n) is 6.18. The van der Waals surface area contributed by atoms with Crippen molar-refractivity contribution < 1.29 is 17.9 Å². The summed E-state index contributed by atoms with van der Waals surface area (Å²) in [5.41, 5.74) is 3.55. The fraction of sp³-hybridized carbons (Fsp3) is 0.103. The molecule has 192 valence electrons. The van der Waals surface area contributed by atoms with Crippen molar-refractivity contribution in [2.75, 3.05) is 22.2 Å². The van der Waals surface area contributed by atoms with E-state index < -0.39 is 10.0 Å². The second-order valence-electron chi connectivity index (χ2n) is 8.84. The fourth-order valence-corrected chi connectivity index (χ4v) is 5.34. The van der Waals surface area contributed by atoms with Crippen molar-refractivity contribution in [1.29, 1.82) is 0 Å². The third-order valence-corrected chi connectivity index (χ3v) is 7.56. The van der Waals surface area contributed by atoms with Crippen molar-refractivity contribution in [1.82, 2.24) is 0 Å². The molecule has 0 unspecified atom stereocenters. The van der Waals surface area contributed by atoms with Gasteiger partial charge >= 0.3 is 0 Å². The molecule has 38 heavy (non-hydrogen) atoms. The summed E-state index contributed by atoms with van der Waals surface area (Å²) in [6, 6.07) is 25.2. The summed E-state index contributed by atoms with van der Waals surface area (Å²) in [5, 5.41) is 10.9. The van der Waals surface area contributed by atoms with Gasteiger partial charge in [0.2, 0.25) is 0 Å². The zero-order valence-electron chi connectivity index (χ0n) is 21.1. The molecule has 8 nitrogen and oxygen atoms in total. The number of methoxy groups -OCH3 is 1. The number of rotatable bonds is 7. The molecule has 4 aromatic rings. The summed E-state index contributed by atoms with van der Waals surface area (Å²) in [6.45, 7) is 3.65. The maximum Gasteiger partial charge on any atom is 0.282 e. The van der Waals surface area contributed by atoms with Gasteiger partial charge in [-0.25, -0.2) is 8.42 Å². The van der Waals surface area contributed by atoms with Crippen LogP contribution in [0.5, 0.6) is 5.75 Å². The number of fused-ring (bicyclic) bond motifs is 1. The lowest BCUT2D eigenvalue weighted by Crippen LogP contribution is -2.22. The van der Waals surface area contributed by atoms with Crippen LogP contribution >= 0.6 is 0 Å². The van der Waals surface area contributed by atoms with Crippen LogP contribution in [0.2, 0.25) is 0 Å². The molecule has 0 radical (unpaired) electrons. The van der Waals surface area contributed by atoms with Crippen molar-refractivity contribution in [3.63, 3.8) is 0 Å². The highest BCUT2D eigenvalue weighted by atomic mass is 32.2. The number of hydrazone groups is 1. The van der Waals surface area contributed by atoms with Gasteiger partial charge < -0.3 is 10.1 Å². The molecule has 5 rings (SSSR count). The number of carbonyl (C=O) groups is 1. The first kappa shape index (κ1) is 25.0. The maximum absolute atomic E-state index is 13.3. The van der Waals surface area contributed by atoms with E-state index in [2.05, 4.69) is 15.1 Å². The average Bonchev–Trinajstić information content (AvgIpc) is 3.19. The highest BCUT2D eigenvalue weighted by molar-refractivity contribution is 7.92. The molecule has 0 saturated heterocycles. The molecule has 0 bridgehead atoms. The second kappa shape index (κ2) is 10.0. The Morgan fingerprint density at radius 2 is 1.68 bits per heavy atom. The Hall–Kier alpha value is -4.63. The van der Waals surface area contributed by atoms with Gasteiger partial charge in [-0.05, 0) is 55.1 Å². The summed E-state index contributed by atoms with van der Waals surface area (Å²) in [6.07, 6.45) is 1.56. The number of hydrogen-bond acceptors (Lipinski definition) is 6. The number of amides is 1. The first-order chi connectivity index (χ1) is 18.3. The Balaban J connectivity index is 1.39. The predicted molar refractivity (Wildman–Crippen MR) is 151 cm³/mol. The number of benzene rings is 4. The lowest BCUT2D eigenvalue weighted by Gasteiger charge is -2.15. The van der Waals surface area contributed by atoms with Crippen LogP contribution in [0, 0.1) is 6.92 Å². The monoisotopic (exact) mass is 526 g/mol. The first-order valence-corrected chi connectivity index (χ1v) is 13.4. The number of anilines is 3. The number of sulfonamides is 1. The molecule has 1 amide bonds. The number of ether oxygens (including phenoxy) is 1. The average molecular weight is 527 g/mol. The van der Waals surface area contributed by atoms with Crippen LogP contribution < -0.4 is 19.8 Å². The highest BCUT2D eigenvalue weighted by Gasteiger charge is 2.30.